The lowest BCUT2D eigenvalue weighted by Crippen LogP contribution is -2.33. The Labute approximate surface area is 131 Å². The molecule has 120 valence electrons. The first-order valence-electron chi connectivity index (χ1n) is 7.33. The molecular formula is C15H27N3O2S. The van der Waals surface area contributed by atoms with E-state index in [9.17, 15) is 9.90 Å². The highest BCUT2D eigenvalue weighted by Gasteiger charge is 2.15. The molecule has 1 aromatic heterocycles. The van der Waals surface area contributed by atoms with E-state index < -0.39 is 0 Å². The standard InChI is InChI=1S/C15H27N3O2S/c1-10(6-11(2)19)8-16-13(20)18-14-17-12(9-21-14)7-15(3,4)5/h9-11,19H,6-8H2,1-5H3,(H2,16,17,18,20). The van der Waals surface area contributed by atoms with Crippen LogP contribution in [0.4, 0.5) is 9.93 Å². The van der Waals surface area contributed by atoms with Crippen LogP contribution in [0.1, 0.15) is 46.7 Å². The minimum Gasteiger partial charge on any atom is -0.393 e. The van der Waals surface area contributed by atoms with E-state index in [1.54, 1.807) is 6.92 Å². The van der Waals surface area contributed by atoms with Crippen molar-refractivity contribution < 1.29 is 9.90 Å². The molecule has 1 aromatic rings. The van der Waals surface area contributed by atoms with E-state index >= 15 is 0 Å². The first-order valence-corrected chi connectivity index (χ1v) is 8.21. The molecule has 1 heterocycles. The quantitative estimate of drug-likeness (QED) is 0.754. The summed E-state index contributed by atoms with van der Waals surface area (Å²) in [6.45, 7) is 10.8. The largest absolute Gasteiger partial charge is 0.393 e. The molecule has 3 N–H and O–H groups in total. The van der Waals surface area contributed by atoms with Gasteiger partial charge in [0.2, 0.25) is 0 Å². The summed E-state index contributed by atoms with van der Waals surface area (Å²) in [5, 5.41) is 17.4. The van der Waals surface area contributed by atoms with Gasteiger partial charge in [-0.05, 0) is 31.1 Å². The number of thiazole rings is 1. The molecule has 0 aliphatic rings. The normalized spacial score (nSPS) is 14.6. The van der Waals surface area contributed by atoms with E-state index in [1.807, 2.05) is 12.3 Å². The van der Waals surface area contributed by atoms with Gasteiger partial charge in [0.05, 0.1) is 11.8 Å². The molecule has 0 radical (unpaired) electrons. The topological polar surface area (TPSA) is 74.2 Å². The van der Waals surface area contributed by atoms with Gasteiger partial charge in [-0.25, -0.2) is 9.78 Å². The highest BCUT2D eigenvalue weighted by atomic mass is 32.1. The molecule has 2 unspecified atom stereocenters. The van der Waals surface area contributed by atoms with E-state index in [0.29, 0.717) is 18.1 Å². The molecule has 0 aliphatic heterocycles. The second-order valence-corrected chi connectivity index (χ2v) is 7.76. The van der Waals surface area contributed by atoms with E-state index in [0.717, 1.165) is 12.1 Å². The van der Waals surface area contributed by atoms with Crippen molar-refractivity contribution in [3.8, 4) is 0 Å². The number of amides is 2. The van der Waals surface area contributed by atoms with Crippen LogP contribution >= 0.6 is 11.3 Å². The summed E-state index contributed by atoms with van der Waals surface area (Å²) in [7, 11) is 0. The molecule has 0 fully saturated rings. The molecule has 1 rings (SSSR count). The minimum absolute atomic E-state index is 0.185. The Morgan fingerprint density at radius 2 is 2.10 bits per heavy atom. The molecule has 0 aliphatic carbocycles. The van der Waals surface area contributed by atoms with Crippen molar-refractivity contribution in [3.63, 3.8) is 0 Å². The lowest BCUT2D eigenvalue weighted by molar-refractivity contribution is 0.163. The summed E-state index contributed by atoms with van der Waals surface area (Å²) >= 11 is 1.44. The van der Waals surface area contributed by atoms with Gasteiger partial charge < -0.3 is 10.4 Å². The van der Waals surface area contributed by atoms with Gasteiger partial charge in [-0.15, -0.1) is 11.3 Å². The summed E-state index contributed by atoms with van der Waals surface area (Å²) < 4.78 is 0. The summed E-state index contributed by atoms with van der Waals surface area (Å²) in [4.78, 5) is 16.2. The Kier molecular flexibility index (Phi) is 6.61. The zero-order valence-electron chi connectivity index (χ0n) is 13.6. The molecule has 2 amide bonds. The van der Waals surface area contributed by atoms with Gasteiger partial charge in [0.1, 0.15) is 0 Å². The molecule has 6 heteroatoms. The number of carbonyl (C=O) groups is 1. The number of urea groups is 1. The zero-order chi connectivity index (χ0) is 16.0. The fourth-order valence-electron chi connectivity index (χ4n) is 2.06. The van der Waals surface area contributed by atoms with Crippen LogP contribution < -0.4 is 10.6 Å². The second-order valence-electron chi connectivity index (χ2n) is 6.91. The van der Waals surface area contributed by atoms with Crippen molar-refractivity contribution in [2.75, 3.05) is 11.9 Å². The number of nitrogens with zero attached hydrogens (tertiary/aromatic N) is 1. The van der Waals surface area contributed by atoms with Gasteiger partial charge in [0, 0.05) is 11.9 Å². The van der Waals surface area contributed by atoms with Gasteiger partial charge in [-0.3, -0.25) is 5.32 Å². The molecule has 0 bridgehead atoms. The highest BCUT2D eigenvalue weighted by Crippen LogP contribution is 2.23. The number of rotatable bonds is 6. The summed E-state index contributed by atoms with van der Waals surface area (Å²) in [5.41, 5.74) is 1.19. The summed E-state index contributed by atoms with van der Waals surface area (Å²) in [5.74, 6) is 0.239. The first kappa shape index (κ1) is 17.9. The average Bonchev–Trinajstić information content (AvgIpc) is 2.70. The molecule has 2 atom stereocenters. The Morgan fingerprint density at radius 3 is 2.67 bits per heavy atom. The number of aliphatic hydroxyl groups is 1. The number of hydrogen-bond donors (Lipinski definition) is 3. The highest BCUT2D eigenvalue weighted by molar-refractivity contribution is 7.13. The number of hydrogen-bond acceptors (Lipinski definition) is 4. The van der Waals surface area contributed by atoms with Gasteiger partial charge in [0.15, 0.2) is 5.13 Å². The van der Waals surface area contributed by atoms with Crippen LogP contribution in [0.3, 0.4) is 0 Å². The summed E-state index contributed by atoms with van der Waals surface area (Å²) in [6.07, 6.45) is 1.22. The summed E-state index contributed by atoms with van der Waals surface area (Å²) in [6, 6.07) is -0.246. The maximum Gasteiger partial charge on any atom is 0.321 e. The van der Waals surface area contributed by atoms with Crippen molar-refractivity contribution >= 4 is 22.5 Å². The predicted molar refractivity (Wildman–Crippen MR) is 87.8 cm³/mol. The lowest BCUT2D eigenvalue weighted by Gasteiger charge is -2.15. The monoisotopic (exact) mass is 313 g/mol. The number of aromatic nitrogens is 1. The van der Waals surface area contributed by atoms with Crippen LogP contribution in [0.5, 0.6) is 0 Å². The maximum atomic E-state index is 11.8. The Morgan fingerprint density at radius 1 is 1.43 bits per heavy atom. The van der Waals surface area contributed by atoms with Crippen LogP contribution in [0.15, 0.2) is 5.38 Å². The SMILES string of the molecule is CC(O)CC(C)CNC(=O)Nc1nc(CC(C)(C)C)cs1. The van der Waals surface area contributed by atoms with E-state index in [1.165, 1.54) is 11.3 Å². The molecule has 0 saturated heterocycles. The Hall–Kier alpha value is -1.14. The van der Waals surface area contributed by atoms with Gasteiger partial charge >= 0.3 is 6.03 Å². The minimum atomic E-state index is -0.344. The molecule has 0 saturated carbocycles. The first-order chi connectivity index (χ1) is 9.65. The Bertz CT molecular complexity index is 452. The van der Waals surface area contributed by atoms with Crippen molar-refractivity contribution in [2.24, 2.45) is 11.3 Å². The van der Waals surface area contributed by atoms with Crippen LogP contribution in [-0.2, 0) is 6.42 Å². The van der Waals surface area contributed by atoms with E-state index in [-0.39, 0.29) is 23.5 Å². The van der Waals surface area contributed by atoms with E-state index in [2.05, 4.69) is 36.4 Å². The molecular weight excluding hydrogens is 286 g/mol. The predicted octanol–water partition coefficient (Wildman–Crippen LogP) is 3.26. The second kappa shape index (κ2) is 7.75. The number of nitrogens with one attached hydrogen (secondary N) is 2. The third-order valence-electron chi connectivity index (χ3n) is 2.84. The molecule has 0 spiro atoms. The zero-order valence-corrected chi connectivity index (χ0v) is 14.4. The van der Waals surface area contributed by atoms with E-state index in [4.69, 9.17) is 0 Å². The smallest absolute Gasteiger partial charge is 0.321 e. The van der Waals surface area contributed by atoms with Gasteiger partial charge in [-0.2, -0.15) is 0 Å². The average molecular weight is 313 g/mol. The van der Waals surface area contributed by atoms with Crippen LogP contribution in [0.25, 0.3) is 0 Å². The number of carbonyl (C=O) groups excluding carboxylic acids is 1. The fourth-order valence-corrected chi connectivity index (χ4v) is 2.77. The third kappa shape index (κ3) is 8.02. The molecule has 21 heavy (non-hydrogen) atoms. The fraction of sp³-hybridized carbons (Fsp3) is 0.733. The molecule has 0 aromatic carbocycles. The van der Waals surface area contributed by atoms with Crippen LogP contribution in [0.2, 0.25) is 0 Å². The van der Waals surface area contributed by atoms with Crippen molar-refractivity contribution in [1.29, 1.82) is 0 Å². The van der Waals surface area contributed by atoms with Crippen molar-refractivity contribution in [1.82, 2.24) is 10.3 Å². The van der Waals surface area contributed by atoms with Crippen molar-refractivity contribution in [2.45, 2.75) is 53.6 Å². The number of aliphatic hydroxyl groups excluding tert-OH is 1. The van der Waals surface area contributed by atoms with Crippen LogP contribution in [-0.4, -0.2) is 28.8 Å². The van der Waals surface area contributed by atoms with Crippen LogP contribution in [0, 0.1) is 11.3 Å². The Balaban J connectivity index is 2.38. The third-order valence-corrected chi connectivity index (χ3v) is 3.64. The maximum absolute atomic E-state index is 11.8. The van der Waals surface area contributed by atoms with Gasteiger partial charge in [0.25, 0.3) is 0 Å². The van der Waals surface area contributed by atoms with Crippen molar-refractivity contribution in [3.05, 3.63) is 11.1 Å². The molecule has 5 nitrogen and oxygen atoms in total. The van der Waals surface area contributed by atoms with Gasteiger partial charge in [-0.1, -0.05) is 27.7 Å². The number of anilines is 1. The lowest BCUT2D eigenvalue weighted by atomic mass is 9.91.